The number of pyridine rings is 1. The minimum Gasteiger partial charge on any atom is -0.367 e. The van der Waals surface area contributed by atoms with Gasteiger partial charge in [-0.3, -0.25) is 4.98 Å². The van der Waals surface area contributed by atoms with Crippen molar-refractivity contribution in [3.63, 3.8) is 0 Å². The summed E-state index contributed by atoms with van der Waals surface area (Å²) in [6.45, 7) is 0. The SMILES string of the molecule is c1ccc(C(Nc2cccnc2)(c2ccccc2)c2ccccc2)cc1. The normalized spacial score (nSPS) is 11.1. The Morgan fingerprint density at radius 3 is 1.38 bits per heavy atom. The minimum absolute atomic E-state index is 0.507. The molecule has 0 atom stereocenters. The van der Waals surface area contributed by atoms with Gasteiger partial charge >= 0.3 is 0 Å². The fourth-order valence-electron chi connectivity index (χ4n) is 3.43. The Labute approximate surface area is 154 Å². The van der Waals surface area contributed by atoms with Crippen LogP contribution >= 0.6 is 0 Å². The van der Waals surface area contributed by atoms with Crippen LogP contribution in [-0.2, 0) is 5.54 Å². The molecule has 0 aliphatic carbocycles. The van der Waals surface area contributed by atoms with E-state index in [1.165, 1.54) is 16.7 Å². The molecule has 2 nitrogen and oxygen atoms in total. The van der Waals surface area contributed by atoms with Crippen molar-refractivity contribution in [3.8, 4) is 0 Å². The summed E-state index contributed by atoms with van der Waals surface area (Å²) in [5.41, 5.74) is 4.01. The predicted molar refractivity (Wildman–Crippen MR) is 107 cm³/mol. The van der Waals surface area contributed by atoms with Gasteiger partial charge in [0.1, 0.15) is 5.54 Å². The summed E-state index contributed by atoms with van der Waals surface area (Å²) in [6, 6.07) is 35.7. The second-order valence-electron chi connectivity index (χ2n) is 6.21. The molecule has 0 unspecified atom stereocenters. The molecule has 1 heterocycles. The number of benzene rings is 3. The maximum absolute atomic E-state index is 4.29. The third-order valence-corrected chi connectivity index (χ3v) is 4.61. The van der Waals surface area contributed by atoms with Crippen LogP contribution in [0.25, 0.3) is 0 Å². The first-order chi connectivity index (χ1) is 12.9. The van der Waals surface area contributed by atoms with Gasteiger partial charge in [0, 0.05) is 12.4 Å². The summed E-state index contributed by atoms with van der Waals surface area (Å²) in [5.74, 6) is 0. The van der Waals surface area contributed by atoms with Gasteiger partial charge in [-0.1, -0.05) is 91.0 Å². The lowest BCUT2D eigenvalue weighted by molar-refractivity contribution is 0.711. The van der Waals surface area contributed by atoms with Gasteiger partial charge in [-0.25, -0.2) is 0 Å². The third-order valence-electron chi connectivity index (χ3n) is 4.61. The topological polar surface area (TPSA) is 24.9 Å². The van der Waals surface area contributed by atoms with Gasteiger partial charge in [0.05, 0.1) is 5.69 Å². The van der Waals surface area contributed by atoms with Crippen LogP contribution in [-0.4, -0.2) is 4.98 Å². The van der Waals surface area contributed by atoms with Crippen molar-refractivity contribution in [2.75, 3.05) is 5.32 Å². The first-order valence-electron chi connectivity index (χ1n) is 8.74. The van der Waals surface area contributed by atoms with Crippen molar-refractivity contribution in [3.05, 3.63) is 132 Å². The van der Waals surface area contributed by atoms with Crippen LogP contribution in [0, 0.1) is 0 Å². The molecule has 0 spiro atoms. The second-order valence-corrected chi connectivity index (χ2v) is 6.21. The monoisotopic (exact) mass is 336 g/mol. The molecule has 26 heavy (non-hydrogen) atoms. The Kier molecular flexibility index (Phi) is 4.48. The van der Waals surface area contributed by atoms with E-state index in [0.29, 0.717) is 0 Å². The molecule has 1 aromatic heterocycles. The average Bonchev–Trinajstić information content (AvgIpc) is 2.75. The van der Waals surface area contributed by atoms with Crippen LogP contribution in [0.5, 0.6) is 0 Å². The van der Waals surface area contributed by atoms with Crippen molar-refractivity contribution in [1.82, 2.24) is 4.98 Å². The lowest BCUT2D eigenvalue weighted by Crippen LogP contribution is -2.38. The molecular weight excluding hydrogens is 316 g/mol. The van der Waals surface area contributed by atoms with Crippen LogP contribution in [0.2, 0.25) is 0 Å². The van der Waals surface area contributed by atoms with Gasteiger partial charge in [-0.05, 0) is 28.8 Å². The summed E-state index contributed by atoms with van der Waals surface area (Å²) in [4.78, 5) is 4.29. The smallest absolute Gasteiger partial charge is 0.114 e. The van der Waals surface area contributed by atoms with Crippen molar-refractivity contribution in [2.24, 2.45) is 0 Å². The Morgan fingerprint density at radius 2 is 1.00 bits per heavy atom. The van der Waals surface area contributed by atoms with E-state index < -0.39 is 5.54 Å². The van der Waals surface area contributed by atoms with Gasteiger partial charge < -0.3 is 5.32 Å². The van der Waals surface area contributed by atoms with E-state index in [-0.39, 0.29) is 0 Å². The highest BCUT2D eigenvalue weighted by Gasteiger charge is 2.36. The largest absolute Gasteiger partial charge is 0.367 e. The van der Waals surface area contributed by atoms with E-state index in [1.54, 1.807) is 6.20 Å². The van der Waals surface area contributed by atoms with Crippen molar-refractivity contribution >= 4 is 5.69 Å². The van der Waals surface area contributed by atoms with Crippen molar-refractivity contribution in [2.45, 2.75) is 5.54 Å². The molecule has 3 aromatic carbocycles. The molecule has 0 fully saturated rings. The van der Waals surface area contributed by atoms with Crippen LogP contribution in [0.15, 0.2) is 116 Å². The maximum atomic E-state index is 4.29. The molecule has 126 valence electrons. The zero-order chi connectivity index (χ0) is 17.7. The number of rotatable bonds is 5. The number of nitrogens with zero attached hydrogens (tertiary/aromatic N) is 1. The van der Waals surface area contributed by atoms with Gasteiger partial charge in [0.2, 0.25) is 0 Å². The fourth-order valence-corrected chi connectivity index (χ4v) is 3.43. The van der Waals surface area contributed by atoms with Crippen molar-refractivity contribution in [1.29, 1.82) is 0 Å². The van der Waals surface area contributed by atoms with E-state index in [0.717, 1.165) is 5.69 Å². The number of hydrogen-bond acceptors (Lipinski definition) is 2. The van der Waals surface area contributed by atoms with E-state index in [4.69, 9.17) is 0 Å². The van der Waals surface area contributed by atoms with Gasteiger partial charge in [-0.2, -0.15) is 0 Å². The van der Waals surface area contributed by atoms with E-state index in [2.05, 4.69) is 89.2 Å². The van der Waals surface area contributed by atoms with Crippen LogP contribution in [0.3, 0.4) is 0 Å². The van der Waals surface area contributed by atoms with Gasteiger partial charge in [-0.15, -0.1) is 0 Å². The van der Waals surface area contributed by atoms with E-state index in [9.17, 15) is 0 Å². The molecule has 2 heteroatoms. The quantitative estimate of drug-likeness (QED) is 0.488. The van der Waals surface area contributed by atoms with Gasteiger partial charge in [0.15, 0.2) is 0 Å². The molecule has 4 rings (SSSR count). The fraction of sp³-hybridized carbons (Fsp3) is 0.0417. The molecule has 0 aliphatic heterocycles. The highest BCUT2D eigenvalue weighted by Crippen LogP contribution is 2.39. The minimum atomic E-state index is -0.507. The highest BCUT2D eigenvalue weighted by molar-refractivity contribution is 5.59. The van der Waals surface area contributed by atoms with Crippen molar-refractivity contribution < 1.29 is 0 Å². The molecule has 0 saturated carbocycles. The molecule has 0 radical (unpaired) electrons. The number of anilines is 1. The second kappa shape index (κ2) is 7.24. The number of hydrogen-bond donors (Lipinski definition) is 1. The molecule has 0 bridgehead atoms. The highest BCUT2D eigenvalue weighted by atomic mass is 15.0. The number of aromatic nitrogens is 1. The molecular formula is C24H20N2. The van der Waals surface area contributed by atoms with E-state index >= 15 is 0 Å². The zero-order valence-electron chi connectivity index (χ0n) is 14.4. The summed E-state index contributed by atoms with van der Waals surface area (Å²) < 4.78 is 0. The zero-order valence-corrected chi connectivity index (χ0v) is 14.4. The first kappa shape index (κ1) is 16.1. The summed E-state index contributed by atoms with van der Waals surface area (Å²) in [7, 11) is 0. The Balaban J connectivity index is 2.00. The molecule has 0 saturated heterocycles. The Morgan fingerprint density at radius 1 is 0.538 bits per heavy atom. The third kappa shape index (κ3) is 2.98. The average molecular weight is 336 g/mol. The van der Waals surface area contributed by atoms with Crippen LogP contribution in [0.4, 0.5) is 5.69 Å². The molecule has 1 N–H and O–H groups in total. The van der Waals surface area contributed by atoms with Crippen LogP contribution < -0.4 is 5.32 Å². The summed E-state index contributed by atoms with van der Waals surface area (Å²) >= 11 is 0. The molecule has 0 aliphatic rings. The lowest BCUT2D eigenvalue weighted by Gasteiger charge is -2.37. The Bertz CT molecular complexity index is 840. The molecule has 4 aromatic rings. The maximum Gasteiger partial charge on any atom is 0.114 e. The summed E-state index contributed by atoms with van der Waals surface area (Å²) in [5, 5.41) is 3.78. The van der Waals surface area contributed by atoms with Gasteiger partial charge in [0.25, 0.3) is 0 Å². The Hall–Kier alpha value is -3.39. The molecule has 0 amide bonds. The first-order valence-corrected chi connectivity index (χ1v) is 8.74. The van der Waals surface area contributed by atoms with E-state index in [1.807, 2.05) is 30.5 Å². The predicted octanol–water partition coefficient (Wildman–Crippen LogP) is 5.49. The number of nitrogens with one attached hydrogen (secondary N) is 1. The lowest BCUT2D eigenvalue weighted by atomic mass is 9.77. The summed E-state index contributed by atoms with van der Waals surface area (Å²) in [6.07, 6.45) is 3.66. The standard InChI is InChI=1S/C24H20N2/c1-4-11-20(12-5-1)24(21-13-6-2-7-14-21,22-15-8-3-9-16-22)26-23-17-10-18-25-19-23/h1-19,26H. The van der Waals surface area contributed by atoms with Crippen LogP contribution in [0.1, 0.15) is 16.7 Å².